The van der Waals surface area contributed by atoms with Crippen LogP contribution in [0.1, 0.15) is 24.0 Å². The topological polar surface area (TPSA) is 230 Å². The third-order valence-electron chi connectivity index (χ3n) is 6.48. The number of H-pyrrole nitrogens is 1. The minimum Gasteiger partial charge on any atom is -0.480 e. The molecule has 4 amide bonds. The van der Waals surface area contributed by atoms with Gasteiger partial charge in [0.15, 0.2) is 0 Å². The highest BCUT2D eigenvalue weighted by atomic mass is 16.4. The van der Waals surface area contributed by atoms with Gasteiger partial charge in [-0.15, -0.1) is 0 Å². The van der Waals surface area contributed by atoms with Crippen molar-refractivity contribution < 1.29 is 34.2 Å². The normalized spacial score (nSPS) is 13.9. The van der Waals surface area contributed by atoms with E-state index in [0.717, 1.165) is 10.9 Å². The van der Waals surface area contributed by atoms with E-state index < -0.39 is 60.4 Å². The first kappa shape index (κ1) is 30.8. The lowest BCUT2D eigenvalue weighted by Crippen LogP contribution is -2.58. The van der Waals surface area contributed by atoms with Gasteiger partial charge in [-0.3, -0.25) is 19.2 Å². The van der Waals surface area contributed by atoms with E-state index in [1.165, 1.54) is 0 Å². The van der Waals surface area contributed by atoms with Crippen LogP contribution < -0.4 is 27.4 Å². The van der Waals surface area contributed by atoms with Crippen LogP contribution in [0.3, 0.4) is 0 Å². The van der Waals surface area contributed by atoms with Crippen LogP contribution in [-0.4, -0.2) is 75.6 Å². The van der Waals surface area contributed by atoms with Gasteiger partial charge in [-0.1, -0.05) is 48.5 Å². The van der Waals surface area contributed by atoms with Gasteiger partial charge in [0.1, 0.15) is 18.1 Å². The van der Waals surface area contributed by atoms with E-state index in [9.17, 15) is 34.2 Å². The zero-order chi connectivity index (χ0) is 29.9. The highest BCUT2D eigenvalue weighted by Crippen LogP contribution is 2.19. The number of rotatable bonds is 15. The van der Waals surface area contributed by atoms with Gasteiger partial charge in [0.25, 0.3) is 0 Å². The van der Waals surface area contributed by atoms with Crippen molar-refractivity contribution in [2.24, 2.45) is 11.5 Å². The van der Waals surface area contributed by atoms with Crippen molar-refractivity contribution in [3.63, 3.8) is 0 Å². The first-order valence-electron chi connectivity index (χ1n) is 13.0. The number of aliphatic carboxylic acids is 1. The summed E-state index contributed by atoms with van der Waals surface area (Å²) >= 11 is 0. The Hall–Kier alpha value is -4.75. The summed E-state index contributed by atoms with van der Waals surface area (Å²) in [5.74, 6) is -4.37. The van der Waals surface area contributed by atoms with E-state index in [1.54, 1.807) is 36.5 Å². The monoisotopic (exact) mass is 566 g/mol. The van der Waals surface area contributed by atoms with Gasteiger partial charge < -0.3 is 42.6 Å². The largest absolute Gasteiger partial charge is 0.480 e. The number of hydrogen-bond acceptors (Lipinski definition) is 7. The highest BCUT2D eigenvalue weighted by molar-refractivity contribution is 5.94. The summed E-state index contributed by atoms with van der Waals surface area (Å²) in [6.07, 6.45) is 1.45. The lowest BCUT2D eigenvalue weighted by atomic mass is 10.0. The maximum Gasteiger partial charge on any atom is 0.326 e. The number of carboxylic acids is 1. The zero-order valence-electron chi connectivity index (χ0n) is 22.2. The number of aliphatic hydroxyl groups is 1. The second kappa shape index (κ2) is 14.6. The molecule has 0 aliphatic heterocycles. The molecule has 10 N–H and O–H groups in total. The van der Waals surface area contributed by atoms with Gasteiger partial charge in [0, 0.05) is 36.4 Å². The molecule has 3 aromatic rings. The van der Waals surface area contributed by atoms with E-state index in [2.05, 4.69) is 20.9 Å². The Balaban J connectivity index is 1.75. The first-order chi connectivity index (χ1) is 19.6. The summed E-state index contributed by atoms with van der Waals surface area (Å²) in [6.45, 7) is -0.807. The van der Waals surface area contributed by atoms with Crippen molar-refractivity contribution in [3.8, 4) is 0 Å². The molecule has 2 aromatic carbocycles. The molecule has 3 rings (SSSR count). The fraction of sp³-hybridized carbons (Fsp3) is 0.321. The van der Waals surface area contributed by atoms with Gasteiger partial charge in [0.05, 0.1) is 12.6 Å². The number of carbonyl (C=O) groups is 5. The third kappa shape index (κ3) is 8.88. The second-order valence-electron chi connectivity index (χ2n) is 9.57. The minimum absolute atomic E-state index is 0.00204. The average Bonchev–Trinajstić information content (AvgIpc) is 3.36. The predicted molar refractivity (Wildman–Crippen MR) is 149 cm³/mol. The molecule has 4 unspecified atom stereocenters. The fourth-order valence-corrected chi connectivity index (χ4v) is 4.23. The lowest BCUT2D eigenvalue weighted by Gasteiger charge is -2.24. The number of aromatic amines is 1. The SMILES string of the molecule is NC(=O)CCC(N)C(=O)NC(CO)C(=O)NC(Cc1ccccc1)C(=O)NC(Cc1c[nH]c2ccccc12)C(=O)O. The smallest absolute Gasteiger partial charge is 0.326 e. The van der Waals surface area contributed by atoms with Crippen LogP contribution in [0, 0.1) is 0 Å². The van der Waals surface area contributed by atoms with Crippen LogP contribution in [0.2, 0.25) is 0 Å². The number of fused-ring (bicyclic) bond motifs is 1. The molecule has 1 heterocycles. The van der Waals surface area contributed by atoms with E-state index in [0.29, 0.717) is 11.1 Å². The average molecular weight is 567 g/mol. The molecule has 0 aliphatic carbocycles. The Morgan fingerprint density at radius 1 is 0.805 bits per heavy atom. The Labute approximate surface area is 235 Å². The molecule has 41 heavy (non-hydrogen) atoms. The predicted octanol–water partition coefficient (Wildman–Crippen LogP) is -0.923. The molecule has 0 radical (unpaired) electrons. The van der Waals surface area contributed by atoms with Crippen molar-refractivity contribution in [2.75, 3.05) is 6.61 Å². The van der Waals surface area contributed by atoms with E-state index in [-0.39, 0.29) is 25.7 Å². The van der Waals surface area contributed by atoms with Crippen LogP contribution in [-0.2, 0) is 36.8 Å². The Kier molecular flexibility index (Phi) is 11.0. The van der Waals surface area contributed by atoms with Crippen LogP contribution in [0.25, 0.3) is 10.9 Å². The van der Waals surface area contributed by atoms with Crippen molar-refractivity contribution in [2.45, 2.75) is 49.9 Å². The molecule has 0 saturated carbocycles. The molecule has 1 aromatic heterocycles. The standard InChI is InChI=1S/C28H34N6O7/c29-19(10-11-24(30)36)25(37)34-23(15-35)27(39)32-21(12-16-6-2-1-3-7-16)26(38)33-22(28(40)41)13-17-14-31-20-9-5-4-8-18(17)20/h1-9,14,19,21-23,31,35H,10-13,15,29H2,(H2,30,36)(H,32,39)(H,33,38)(H,34,37)(H,40,41). The van der Waals surface area contributed by atoms with Crippen LogP contribution in [0.4, 0.5) is 0 Å². The molecule has 0 saturated heterocycles. The van der Waals surface area contributed by atoms with Crippen molar-refractivity contribution in [1.82, 2.24) is 20.9 Å². The fourth-order valence-electron chi connectivity index (χ4n) is 4.23. The molecule has 218 valence electrons. The molecule has 4 atom stereocenters. The molecule has 0 spiro atoms. The van der Waals surface area contributed by atoms with E-state index in [4.69, 9.17) is 11.5 Å². The molecule has 0 aliphatic rings. The van der Waals surface area contributed by atoms with Crippen molar-refractivity contribution >= 4 is 40.5 Å². The number of nitrogens with one attached hydrogen (secondary N) is 4. The number of hydrogen-bond donors (Lipinski definition) is 8. The van der Waals surface area contributed by atoms with Crippen LogP contribution in [0.15, 0.2) is 60.8 Å². The maximum absolute atomic E-state index is 13.4. The van der Waals surface area contributed by atoms with Gasteiger partial charge >= 0.3 is 5.97 Å². The maximum atomic E-state index is 13.4. The number of aromatic nitrogens is 1. The number of primary amides is 1. The summed E-state index contributed by atoms with van der Waals surface area (Å²) < 4.78 is 0. The number of nitrogens with two attached hydrogens (primary N) is 2. The molecular formula is C28H34N6O7. The Morgan fingerprint density at radius 3 is 2.07 bits per heavy atom. The number of carboxylic acid groups (broad SMARTS) is 1. The molecule has 0 fully saturated rings. The highest BCUT2D eigenvalue weighted by Gasteiger charge is 2.30. The molecule has 0 bridgehead atoms. The summed E-state index contributed by atoms with van der Waals surface area (Å²) in [7, 11) is 0. The van der Waals surface area contributed by atoms with Gasteiger partial charge in [-0.05, 0) is 23.6 Å². The Bertz CT molecular complexity index is 1380. The van der Waals surface area contributed by atoms with Crippen LogP contribution in [0.5, 0.6) is 0 Å². The molecule has 13 nitrogen and oxygen atoms in total. The third-order valence-corrected chi connectivity index (χ3v) is 6.48. The van der Waals surface area contributed by atoms with Crippen molar-refractivity contribution in [1.29, 1.82) is 0 Å². The summed E-state index contributed by atoms with van der Waals surface area (Å²) in [5, 5.41) is 27.8. The number of amides is 4. The molecular weight excluding hydrogens is 532 g/mol. The lowest BCUT2D eigenvalue weighted by molar-refractivity contribution is -0.142. The number of carbonyl (C=O) groups excluding carboxylic acids is 4. The van der Waals surface area contributed by atoms with E-state index >= 15 is 0 Å². The van der Waals surface area contributed by atoms with Gasteiger partial charge in [-0.25, -0.2) is 4.79 Å². The first-order valence-corrected chi connectivity index (χ1v) is 13.0. The Morgan fingerprint density at radius 2 is 1.41 bits per heavy atom. The summed E-state index contributed by atoms with van der Waals surface area (Å²) in [4.78, 5) is 64.9. The van der Waals surface area contributed by atoms with Gasteiger partial charge in [0.2, 0.25) is 23.6 Å². The minimum atomic E-state index is -1.46. The van der Waals surface area contributed by atoms with Crippen molar-refractivity contribution in [3.05, 3.63) is 71.9 Å². The van der Waals surface area contributed by atoms with Crippen LogP contribution >= 0.6 is 0 Å². The summed E-state index contributed by atoms with van der Waals surface area (Å²) in [5.41, 5.74) is 13.0. The number of benzene rings is 2. The zero-order valence-corrected chi connectivity index (χ0v) is 22.2. The number of aliphatic hydroxyl groups excluding tert-OH is 1. The second-order valence-corrected chi connectivity index (χ2v) is 9.57. The summed E-state index contributed by atoms with van der Waals surface area (Å²) in [6, 6.07) is 10.9. The quantitative estimate of drug-likeness (QED) is 0.114. The number of para-hydroxylation sites is 1. The van der Waals surface area contributed by atoms with Gasteiger partial charge in [-0.2, -0.15) is 0 Å². The molecule has 13 heteroatoms. The van der Waals surface area contributed by atoms with E-state index in [1.807, 2.05) is 24.3 Å².